The average molecular weight is 669 g/mol. The van der Waals surface area contributed by atoms with Crippen molar-refractivity contribution in [1.29, 1.82) is 0 Å². The number of ether oxygens (including phenoxy) is 2. The summed E-state index contributed by atoms with van der Waals surface area (Å²) in [5, 5.41) is 14.4. The summed E-state index contributed by atoms with van der Waals surface area (Å²) in [7, 11) is 2.40. The molecule has 48 heavy (non-hydrogen) atoms. The number of methoxy groups -OCH3 is 2. The zero-order valence-electron chi connectivity index (χ0n) is 27.6. The summed E-state index contributed by atoms with van der Waals surface area (Å²) in [4.78, 5) is 64.1. The number of anilines is 2. The third-order valence-electron chi connectivity index (χ3n) is 6.19. The summed E-state index contributed by atoms with van der Waals surface area (Å²) >= 11 is 0. The van der Waals surface area contributed by atoms with Gasteiger partial charge < -0.3 is 26.6 Å². The van der Waals surface area contributed by atoms with Gasteiger partial charge in [-0.25, -0.2) is 28.3 Å². The Labute approximate surface area is 299 Å². The summed E-state index contributed by atoms with van der Waals surface area (Å²) in [6.45, 7) is 2.29. The first-order valence-corrected chi connectivity index (χ1v) is 13.3. The SMILES string of the molecule is COC(=O)c1ccc(-c2cc(NC(C)=O)ncc2C=O)c(F)c1.COC(=O)c1ccc(-c2cc(NC(C)=O)ncc2CO)c(F)c1.[B].[H-].[Na+]. The molecule has 4 rings (SSSR count). The van der Waals surface area contributed by atoms with Crippen molar-refractivity contribution in [3.63, 3.8) is 0 Å². The van der Waals surface area contributed by atoms with Crippen molar-refractivity contribution in [3.8, 4) is 22.3 Å². The molecule has 12 nitrogen and oxygen atoms in total. The Morgan fingerprint density at radius 1 is 0.771 bits per heavy atom. The molecule has 3 radical (unpaired) electrons. The number of benzene rings is 2. The zero-order valence-corrected chi connectivity index (χ0v) is 28.6. The number of halogens is 2. The summed E-state index contributed by atoms with van der Waals surface area (Å²) < 4.78 is 37.7. The smallest absolute Gasteiger partial charge is 1.00 e. The monoisotopic (exact) mass is 669 g/mol. The van der Waals surface area contributed by atoms with Crippen molar-refractivity contribution in [1.82, 2.24) is 9.97 Å². The predicted molar refractivity (Wildman–Crippen MR) is 169 cm³/mol. The van der Waals surface area contributed by atoms with E-state index >= 15 is 0 Å². The van der Waals surface area contributed by atoms with Gasteiger partial charge in [-0.15, -0.1) is 0 Å². The molecular weight excluding hydrogens is 640 g/mol. The number of carbonyl (C=O) groups is 5. The molecule has 0 spiro atoms. The van der Waals surface area contributed by atoms with E-state index in [1.807, 2.05) is 0 Å². The quantitative estimate of drug-likeness (QED) is 0.141. The van der Waals surface area contributed by atoms with Crippen LogP contribution in [0.2, 0.25) is 0 Å². The van der Waals surface area contributed by atoms with Crippen LogP contribution < -0.4 is 40.2 Å². The van der Waals surface area contributed by atoms with Gasteiger partial charge in [0.05, 0.1) is 32.0 Å². The van der Waals surface area contributed by atoms with Crippen LogP contribution in [0.5, 0.6) is 0 Å². The van der Waals surface area contributed by atoms with Gasteiger partial charge in [-0.3, -0.25) is 14.4 Å². The molecule has 0 fully saturated rings. The minimum Gasteiger partial charge on any atom is -1.00 e. The van der Waals surface area contributed by atoms with E-state index in [0.29, 0.717) is 17.4 Å². The van der Waals surface area contributed by atoms with Crippen LogP contribution in [-0.4, -0.2) is 67.7 Å². The van der Waals surface area contributed by atoms with Gasteiger partial charge in [-0.1, -0.05) is 12.1 Å². The van der Waals surface area contributed by atoms with Gasteiger partial charge in [0.1, 0.15) is 23.3 Å². The van der Waals surface area contributed by atoms with E-state index in [0.717, 1.165) is 12.1 Å². The molecular formula is C32H29BF2N4NaO8. The number of carbonyl (C=O) groups excluding carboxylic acids is 5. The number of aliphatic hydroxyl groups is 1. The number of esters is 2. The number of hydrogen-bond donors (Lipinski definition) is 3. The molecule has 0 aliphatic carbocycles. The fourth-order valence-electron chi connectivity index (χ4n) is 4.11. The molecule has 0 aliphatic rings. The second-order valence-corrected chi connectivity index (χ2v) is 9.39. The maximum absolute atomic E-state index is 14.3. The van der Waals surface area contributed by atoms with Crippen molar-refractivity contribution in [2.75, 3.05) is 24.9 Å². The van der Waals surface area contributed by atoms with E-state index in [1.165, 1.54) is 76.9 Å². The number of aromatic nitrogens is 2. The summed E-state index contributed by atoms with van der Waals surface area (Å²) in [6, 6.07) is 10.5. The molecule has 0 unspecified atom stereocenters. The van der Waals surface area contributed by atoms with Crippen LogP contribution in [0.25, 0.3) is 22.3 Å². The molecule has 0 saturated heterocycles. The standard InChI is InChI=1S/C16H15FN2O4.C16H13FN2O4.B.Na.H/c2*1-9(21)19-15-6-13(11(8-20)7-18-15)12-4-3-10(5-14(12)17)16(22)23-2;;;/h3-7,20H,8H2,1-2H3,(H,18,19,21);3-8H,1-2H3,(H,18,19,21);;;/q;;;+1;-1. The van der Waals surface area contributed by atoms with E-state index in [1.54, 1.807) is 0 Å². The Kier molecular flexibility index (Phi) is 16.4. The molecule has 0 bridgehead atoms. The van der Waals surface area contributed by atoms with E-state index < -0.39 is 23.6 Å². The van der Waals surface area contributed by atoms with Gasteiger partial charge in [0.15, 0.2) is 6.29 Å². The van der Waals surface area contributed by atoms with Crippen LogP contribution in [0.3, 0.4) is 0 Å². The molecule has 243 valence electrons. The van der Waals surface area contributed by atoms with Crippen LogP contribution in [-0.2, 0) is 25.7 Å². The van der Waals surface area contributed by atoms with Gasteiger partial charge in [-0.05, 0) is 42.0 Å². The molecule has 2 aromatic heterocycles. The van der Waals surface area contributed by atoms with Gasteiger partial charge in [-0.2, -0.15) is 0 Å². The van der Waals surface area contributed by atoms with Crippen LogP contribution in [0.1, 0.15) is 51.9 Å². The van der Waals surface area contributed by atoms with Gasteiger partial charge >= 0.3 is 41.5 Å². The van der Waals surface area contributed by atoms with E-state index in [2.05, 4.69) is 30.1 Å². The number of pyridine rings is 2. The van der Waals surface area contributed by atoms with Gasteiger partial charge in [0, 0.05) is 62.5 Å². The second-order valence-electron chi connectivity index (χ2n) is 9.39. The van der Waals surface area contributed by atoms with E-state index in [9.17, 15) is 37.9 Å². The number of nitrogens with zero attached hydrogens (tertiary/aromatic N) is 2. The van der Waals surface area contributed by atoms with Gasteiger partial charge in [0.25, 0.3) is 0 Å². The number of hydrogen-bond acceptors (Lipinski definition) is 10. The van der Waals surface area contributed by atoms with Crippen LogP contribution in [0.15, 0.2) is 60.9 Å². The molecule has 0 saturated carbocycles. The minimum absolute atomic E-state index is 0. The fourth-order valence-corrected chi connectivity index (χ4v) is 4.11. The Hall–Kier alpha value is -4.83. The molecule has 0 aliphatic heterocycles. The van der Waals surface area contributed by atoms with E-state index in [-0.39, 0.29) is 103 Å². The molecule has 2 aromatic carbocycles. The Bertz CT molecular complexity index is 1830. The summed E-state index contributed by atoms with van der Waals surface area (Å²) in [6.07, 6.45) is 3.13. The fraction of sp³-hybridized carbons (Fsp3) is 0.156. The number of amides is 2. The van der Waals surface area contributed by atoms with Crippen molar-refractivity contribution in [2.24, 2.45) is 0 Å². The maximum Gasteiger partial charge on any atom is 1.00 e. The molecule has 3 N–H and O–H groups in total. The molecule has 2 heterocycles. The zero-order chi connectivity index (χ0) is 34.0. The van der Waals surface area contributed by atoms with Gasteiger partial charge in [0.2, 0.25) is 11.8 Å². The largest absolute Gasteiger partial charge is 1.00 e. The second kappa shape index (κ2) is 19.1. The van der Waals surface area contributed by atoms with Crippen LogP contribution >= 0.6 is 0 Å². The first-order valence-electron chi connectivity index (χ1n) is 13.3. The van der Waals surface area contributed by atoms with Crippen molar-refractivity contribution >= 4 is 50.1 Å². The van der Waals surface area contributed by atoms with Crippen molar-refractivity contribution in [2.45, 2.75) is 20.5 Å². The molecule has 4 aromatic rings. The maximum atomic E-state index is 14.3. The van der Waals surface area contributed by atoms with Crippen molar-refractivity contribution < 1.29 is 78.3 Å². The van der Waals surface area contributed by atoms with Crippen LogP contribution in [0, 0.1) is 11.6 Å². The minimum atomic E-state index is -0.698. The predicted octanol–water partition coefficient (Wildman–Crippen LogP) is 1.31. The average Bonchev–Trinajstić information content (AvgIpc) is 3.03. The molecule has 16 heteroatoms. The number of aliphatic hydroxyl groups excluding tert-OH is 1. The number of nitrogens with one attached hydrogen (secondary N) is 2. The molecule has 0 atom stereocenters. The third kappa shape index (κ3) is 10.6. The first kappa shape index (κ1) is 41.2. The Morgan fingerprint density at radius 2 is 1.21 bits per heavy atom. The number of rotatable bonds is 8. The Balaban J connectivity index is 0.000000886. The summed E-state index contributed by atoms with van der Waals surface area (Å²) in [5.41, 5.74) is 1.60. The van der Waals surface area contributed by atoms with Crippen molar-refractivity contribution in [3.05, 3.63) is 94.8 Å². The number of aldehydes is 1. The summed E-state index contributed by atoms with van der Waals surface area (Å²) in [5.74, 6) is -2.90. The van der Waals surface area contributed by atoms with Crippen LogP contribution in [0.4, 0.5) is 20.4 Å². The Morgan fingerprint density at radius 3 is 1.60 bits per heavy atom. The molecule has 2 amide bonds. The van der Waals surface area contributed by atoms with E-state index in [4.69, 9.17) is 0 Å². The first-order chi connectivity index (χ1) is 21.9. The third-order valence-corrected chi connectivity index (χ3v) is 6.19. The topological polar surface area (TPSA) is 174 Å². The normalized spacial score (nSPS) is 9.73.